The van der Waals surface area contributed by atoms with Gasteiger partial charge in [0.1, 0.15) is 0 Å². The molecule has 2 rings (SSSR count). The van der Waals surface area contributed by atoms with Gasteiger partial charge >= 0.3 is 0 Å². The molecule has 0 bridgehead atoms. The van der Waals surface area contributed by atoms with Gasteiger partial charge in [0.2, 0.25) is 5.91 Å². The quantitative estimate of drug-likeness (QED) is 0.579. The average Bonchev–Trinajstić information content (AvgIpc) is 2.59. The van der Waals surface area contributed by atoms with E-state index >= 15 is 0 Å². The third-order valence-electron chi connectivity index (χ3n) is 5.22. The predicted octanol–water partition coefficient (Wildman–Crippen LogP) is 2.87. The first-order valence-electron chi connectivity index (χ1n) is 9.88. The van der Waals surface area contributed by atoms with Gasteiger partial charge in [-0.1, -0.05) is 19.3 Å². The lowest BCUT2D eigenvalue weighted by Crippen LogP contribution is -2.53. The Kier molecular flexibility index (Phi) is 7.47. The van der Waals surface area contributed by atoms with Crippen LogP contribution in [0.1, 0.15) is 59.8 Å². The smallest absolute Gasteiger partial charge is 0.227 e. The number of rotatable bonds is 5. The van der Waals surface area contributed by atoms with Crippen molar-refractivity contribution in [2.75, 3.05) is 38.5 Å². The van der Waals surface area contributed by atoms with Crippen LogP contribution in [0.25, 0.3) is 0 Å². The van der Waals surface area contributed by atoms with Crippen molar-refractivity contribution in [1.29, 1.82) is 0 Å². The van der Waals surface area contributed by atoms with E-state index in [9.17, 15) is 4.79 Å². The Morgan fingerprint density at radius 2 is 1.84 bits per heavy atom. The first-order valence-corrected chi connectivity index (χ1v) is 10.9. The first-order chi connectivity index (χ1) is 11.9. The lowest BCUT2D eigenvalue weighted by Gasteiger charge is -2.45. The molecule has 0 aromatic heterocycles. The molecule has 2 fully saturated rings. The van der Waals surface area contributed by atoms with Crippen LogP contribution in [0.3, 0.4) is 0 Å². The maximum absolute atomic E-state index is 12.2. The highest BCUT2D eigenvalue weighted by Gasteiger charge is 2.38. The van der Waals surface area contributed by atoms with E-state index in [2.05, 4.69) is 34.2 Å². The zero-order valence-electron chi connectivity index (χ0n) is 16.5. The van der Waals surface area contributed by atoms with E-state index in [0.717, 1.165) is 25.6 Å². The fourth-order valence-electron chi connectivity index (χ4n) is 3.69. The number of guanidine groups is 1. The summed E-state index contributed by atoms with van der Waals surface area (Å²) >= 11 is 2.17. The molecule has 1 amide bonds. The zero-order valence-corrected chi connectivity index (χ0v) is 17.3. The van der Waals surface area contributed by atoms with Crippen molar-refractivity contribution in [2.24, 2.45) is 10.4 Å². The number of carbonyl (C=O) groups is 1. The summed E-state index contributed by atoms with van der Waals surface area (Å²) in [4.78, 5) is 19.5. The molecule has 6 heteroatoms. The largest absolute Gasteiger partial charge is 0.357 e. The van der Waals surface area contributed by atoms with Crippen molar-refractivity contribution in [1.82, 2.24) is 15.5 Å². The van der Waals surface area contributed by atoms with E-state index < -0.39 is 5.41 Å². The van der Waals surface area contributed by atoms with Gasteiger partial charge in [0.25, 0.3) is 0 Å². The van der Waals surface area contributed by atoms with Gasteiger partial charge in [-0.3, -0.25) is 9.79 Å². The van der Waals surface area contributed by atoms with Crippen molar-refractivity contribution >= 4 is 23.6 Å². The van der Waals surface area contributed by atoms with Crippen LogP contribution in [0.2, 0.25) is 0 Å². The minimum absolute atomic E-state index is 0.0764. The number of thioether (sulfide) groups is 1. The second-order valence-electron chi connectivity index (χ2n) is 7.93. The van der Waals surface area contributed by atoms with Crippen molar-refractivity contribution in [3.8, 4) is 0 Å². The Morgan fingerprint density at radius 3 is 2.48 bits per heavy atom. The monoisotopic (exact) mass is 368 g/mol. The van der Waals surface area contributed by atoms with E-state index in [1.807, 2.05) is 20.8 Å². The molecule has 1 saturated carbocycles. The summed E-state index contributed by atoms with van der Waals surface area (Å²) in [5, 5.41) is 6.37. The van der Waals surface area contributed by atoms with Crippen molar-refractivity contribution in [2.45, 2.75) is 64.5 Å². The Hall–Kier alpha value is -0.910. The van der Waals surface area contributed by atoms with Crippen LogP contribution >= 0.6 is 11.8 Å². The highest BCUT2D eigenvalue weighted by atomic mass is 32.2. The lowest BCUT2D eigenvalue weighted by atomic mass is 9.87. The highest BCUT2D eigenvalue weighted by Crippen LogP contribution is 2.42. The van der Waals surface area contributed by atoms with E-state index in [4.69, 9.17) is 4.99 Å². The molecule has 1 heterocycles. The summed E-state index contributed by atoms with van der Waals surface area (Å²) in [6, 6.07) is 0. The van der Waals surface area contributed by atoms with E-state index in [0.29, 0.717) is 17.8 Å². The van der Waals surface area contributed by atoms with Gasteiger partial charge in [-0.25, -0.2) is 0 Å². The predicted molar refractivity (Wildman–Crippen MR) is 108 cm³/mol. The Morgan fingerprint density at radius 1 is 1.16 bits per heavy atom. The van der Waals surface area contributed by atoms with Gasteiger partial charge in [0.05, 0.1) is 12.0 Å². The molecule has 2 aliphatic rings. The number of hydrogen-bond donors (Lipinski definition) is 2. The van der Waals surface area contributed by atoms with Gasteiger partial charge in [0, 0.05) is 36.7 Å². The van der Waals surface area contributed by atoms with Gasteiger partial charge in [-0.15, -0.1) is 0 Å². The third kappa shape index (κ3) is 5.53. The number of aliphatic imine (C=N–C) groups is 1. The van der Waals surface area contributed by atoms with Gasteiger partial charge in [-0.2, -0.15) is 11.8 Å². The minimum Gasteiger partial charge on any atom is -0.357 e. The summed E-state index contributed by atoms with van der Waals surface area (Å²) in [6.07, 6.45) is 6.77. The Labute approximate surface area is 157 Å². The van der Waals surface area contributed by atoms with Crippen molar-refractivity contribution in [3.05, 3.63) is 0 Å². The molecular weight excluding hydrogens is 332 g/mol. The van der Waals surface area contributed by atoms with Gasteiger partial charge in [-0.05, 0) is 40.5 Å². The van der Waals surface area contributed by atoms with Crippen molar-refractivity contribution < 1.29 is 4.79 Å². The molecule has 0 aromatic carbocycles. The summed E-state index contributed by atoms with van der Waals surface area (Å²) in [5.41, 5.74) is -0.482. The topological polar surface area (TPSA) is 56.7 Å². The minimum atomic E-state index is -0.482. The molecule has 1 spiro atoms. The molecular formula is C19H36N4OS. The van der Waals surface area contributed by atoms with E-state index in [-0.39, 0.29) is 5.91 Å². The third-order valence-corrected chi connectivity index (χ3v) is 6.76. The average molecular weight is 369 g/mol. The van der Waals surface area contributed by atoms with E-state index in [1.165, 1.54) is 37.9 Å². The van der Waals surface area contributed by atoms with Crippen LogP contribution in [-0.4, -0.2) is 60.0 Å². The van der Waals surface area contributed by atoms with Gasteiger partial charge < -0.3 is 15.5 Å². The second-order valence-corrected chi connectivity index (χ2v) is 9.49. The molecule has 0 radical (unpaired) electrons. The second kappa shape index (κ2) is 9.15. The van der Waals surface area contributed by atoms with Crippen LogP contribution < -0.4 is 10.6 Å². The first kappa shape index (κ1) is 20.4. The summed E-state index contributed by atoms with van der Waals surface area (Å²) in [7, 11) is 0. The molecule has 1 saturated heterocycles. The van der Waals surface area contributed by atoms with Crippen LogP contribution in [-0.2, 0) is 4.79 Å². The summed E-state index contributed by atoms with van der Waals surface area (Å²) in [6.45, 7) is 12.2. The molecule has 2 N–H and O–H groups in total. The SMILES string of the molecule is CCNC(=O)C(C)(C)CN=C(NCC)N1CCSC2(CCCCC2)C1. The number of nitrogens with zero attached hydrogens (tertiary/aromatic N) is 2. The number of amides is 1. The molecule has 1 aliphatic carbocycles. The fourth-order valence-corrected chi connectivity index (χ4v) is 5.26. The van der Waals surface area contributed by atoms with Crippen LogP contribution in [0.5, 0.6) is 0 Å². The maximum Gasteiger partial charge on any atom is 0.227 e. The molecule has 144 valence electrons. The van der Waals surface area contributed by atoms with Crippen LogP contribution in [0.15, 0.2) is 4.99 Å². The maximum atomic E-state index is 12.2. The number of nitrogens with one attached hydrogen (secondary N) is 2. The molecule has 0 unspecified atom stereocenters. The zero-order chi connectivity index (χ0) is 18.3. The molecule has 0 aromatic rings. The Bertz CT molecular complexity index is 467. The summed E-state index contributed by atoms with van der Waals surface area (Å²) in [5.74, 6) is 2.22. The van der Waals surface area contributed by atoms with E-state index in [1.54, 1.807) is 0 Å². The molecule has 0 atom stereocenters. The highest BCUT2D eigenvalue weighted by molar-refractivity contribution is 8.00. The fraction of sp³-hybridized carbons (Fsp3) is 0.895. The molecule has 1 aliphatic heterocycles. The number of hydrogen-bond acceptors (Lipinski definition) is 3. The van der Waals surface area contributed by atoms with Crippen LogP contribution in [0.4, 0.5) is 0 Å². The van der Waals surface area contributed by atoms with Gasteiger partial charge in [0.15, 0.2) is 5.96 Å². The summed E-state index contributed by atoms with van der Waals surface area (Å²) < 4.78 is 0.418. The molecule has 5 nitrogen and oxygen atoms in total. The van der Waals surface area contributed by atoms with Crippen molar-refractivity contribution in [3.63, 3.8) is 0 Å². The Balaban J connectivity index is 2.06. The standard InChI is InChI=1S/C19H36N4OS/c1-5-20-16(24)18(3,4)14-22-17(21-6-2)23-12-13-25-19(15-23)10-8-7-9-11-19/h5-15H2,1-4H3,(H,20,24)(H,21,22). The molecule has 25 heavy (non-hydrogen) atoms. The normalized spacial score (nSPS) is 21.3. The lowest BCUT2D eigenvalue weighted by molar-refractivity contribution is -0.128. The van der Waals surface area contributed by atoms with Crippen LogP contribution in [0, 0.1) is 5.41 Å². The number of carbonyl (C=O) groups excluding carboxylic acids is 1.